The van der Waals surface area contributed by atoms with Crippen LogP contribution in [-0.2, 0) is 20.7 Å². The second kappa shape index (κ2) is 7.91. The number of anilines is 1. The molecule has 1 aromatic heterocycles. The van der Waals surface area contributed by atoms with Gasteiger partial charge in [-0.1, -0.05) is 19.1 Å². The number of morpholine rings is 1. The molecule has 2 fully saturated rings. The van der Waals surface area contributed by atoms with Crippen molar-refractivity contribution in [3.63, 3.8) is 0 Å². The maximum atomic E-state index is 13.2. The van der Waals surface area contributed by atoms with Crippen molar-refractivity contribution in [3.8, 4) is 0 Å². The number of fused-ring (bicyclic) bond motifs is 2. The molecule has 2 bridgehead atoms. The SMILES string of the molecule is CCc1c(C)sc(NC(=O)C2C3C=CC(C3)C2C(=O)O)c1C(=O)N1CCOCC1. The first kappa shape index (κ1) is 20.1. The summed E-state index contributed by atoms with van der Waals surface area (Å²) in [5.74, 6) is -2.74. The number of carboxylic acid groups (broad SMARTS) is 1. The van der Waals surface area contributed by atoms with E-state index in [1.165, 1.54) is 11.3 Å². The van der Waals surface area contributed by atoms with Gasteiger partial charge in [0.05, 0.1) is 30.6 Å². The van der Waals surface area contributed by atoms with E-state index in [1.807, 2.05) is 26.0 Å². The number of aryl methyl sites for hydroxylation is 1. The molecule has 4 unspecified atom stereocenters. The van der Waals surface area contributed by atoms with Crippen LogP contribution in [0, 0.1) is 30.6 Å². The van der Waals surface area contributed by atoms with Gasteiger partial charge in [0.15, 0.2) is 0 Å². The van der Waals surface area contributed by atoms with E-state index in [4.69, 9.17) is 4.74 Å². The number of carbonyl (C=O) groups excluding carboxylic acids is 2. The number of hydrogen-bond donors (Lipinski definition) is 2. The third-order valence-corrected chi connectivity index (χ3v) is 7.42. The number of allylic oxidation sites excluding steroid dienone is 2. The molecule has 2 heterocycles. The molecule has 2 aliphatic carbocycles. The van der Waals surface area contributed by atoms with Crippen molar-refractivity contribution >= 4 is 34.1 Å². The van der Waals surface area contributed by atoms with Crippen molar-refractivity contribution in [3.05, 3.63) is 28.2 Å². The highest BCUT2D eigenvalue weighted by Crippen LogP contribution is 2.49. The summed E-state index contributed by atoms with van der Waals surface area (Å²) >= 11 is 1.40. The summed E-state index contributed by atoms with van der Waals surface area (Å²) in [7, 11) is 0. The maximum Gasteiger partial charge on any atom is 0.307 e. The fraction of sp³-hybridized carbons (Fsp3) is 0.571. The average Bonchev–Trinajstić information content (AvgIpc) is 3.40. The monoisotopic (exact) mass is 418 g/mol. The largest absolute Gasteiger partial charge is 0.481 e. The number of nitrogens with one attached hydrogen (secondary N) is 1. The highest BCUT2D eigenvalue weighted by molar-refractivity contribution is 7.16. The quantitative estimate of drug-likeness (QED) is 0.717. The van der Waals surface area contributed by atoms with Crippen LogP contribution in [0.1, 0.15) is 34.1 Å². The molecule has 0 aromatic carbocycles. The second-order valence-electron chi connectivity index (χ2n) is 7.93. The Kier molecular flexibility index (Phi) is 5.48. The molecular formula is C21H26N2O5S. The van der Waals surface area contributed by atoms with Crippen LogP contribution >= 0.6 is 11.3 Å². The number of aliphatic carboxylic acids is 1. The minimum absolute atomic E-state index is 0.0498. The Morgan fingerprint density at radius 1 is 1.21 bits per heavy atom. The standard InChI is InChI=1S/C21H26N2O5S/c1-3-14-11(2)29-19(17(14)20(25)23-6-8-28-9-7-23)22-18(24)15-12-4-5-13(10-12)16(15)21(26)27/h4-5,12-13,15-16H,3,6-10H2,1-2H3,(H,22,24)(H,26,27). The van der Waals surface area contributed by atoms with Gasteiger partial charge in [0.2, 0.25) is 5.91 Å². The predicted molar refractivity (Wildman–Crippen MR) is 109 cm³/mol. The van der Waals surface area contributed by atoms with E-state index in [2.05, 4.69) is 5.32 Å². The number of hydrogen-bond acceptors (Lipinski definition) is 5. The molecule has 0 radical (unpaired) electrons. The average molecular weight is 419 g/mol. The number of amides is 2. The first-order valence-corrected chi connectivity index (χ1v) is 10.9. The van der Waals surface area contributed by atoms with E-state index in [0.717, 1.165) is 10.4 Å². The first-order valence-electron chi connectivity index (χ1n) is 10.1. The van der Waals surface area contributed by atoms with Gasteiger partial charge in [-0.3, -0.25) is 14.4 Å². The summed E-state index contributed by atoms with van der Waals surface area (Å²) in [5.41, 5.74) is 1.50. The fourth-order valence-electron chi connectivity index (χ4n) is 4.95. The number of rotatable bonds is 5. The number of carbonyl (C=O) groups is 3. The Hall–Kier alpha value is -2.19. The fourth-order valence-corrected chi connectivity index (χ4v) is 6.09. The summed E-state index contributed by atoms with van der Waals surface area (Å²) in [4.78, 5) is 40.9. The van der Waals surface area contributed by atoms with Crippen molar-refractivity contribution in [1.29, 1.82) is 0 Å². The van der Waals surface area contributed by atoms with Gasteiger partial charge in [-0.2, -0.15) is 0 Å². The van der Waals surface area contributed by atoms with Gasteiger partial charge >= 0.3 is 5.97 Å². The lowest BCUT2D eigenvalue weighted by Crippen LogP contribution is -2.41. The van der Waals surface area contributed by atoms with E-state index < -0.39 is 17.8 Å². The molecule has 4 rings (SSSR count). The minimum Gasteiger partial charge on any atom is -0.481 e. The highest BCUT2D eigenvalue weighted by Gasteiger charge is 2.51. The molecule has 1 saturated heterocycles. The van der Waals surface area contributed by atoms with Crippen LogP contribution < -0.4 is 5.32 Å². The molecule has 2 N–H and O–H groups in total. The molecule has 29 heavy (non-hydrogen) atoms. The molecule has 1 saturated carbocycles. The van der Waals surface area contributed by atoms with Crippen molar-refractivity contribution in [1.82, 2.24) is 4.90 Å². The van der Waals surface area contributed by atoms with Gasteiger partial charge in [0.1, 0.15) is 5.00 Å². The second-order valence-corrected chi connectivity index (χ2v) is 9.15. The van der Waals surface area contributed by atoms with Crippen molar-refractivity contribution < 1.29 is 24.2 Å². The molecule has 8 heteroatoms. The highest BCUT2D eigenvalue weighted by atomic mass is 32.1. The molecule has 0 spiro atoms. The first-order chi connectivity index (χ1) is 13.9. The van der Waals surface area contributed by atoms with E-state index in [9.17, 15) is 19.5 Å². The van der Waals surface area contributed by atoms with Crippen LogP contribution in [-0.4, -0.2) is 54.1 Å². The lowest BCUT2D eigenvalue weighted by Gasteiger charge is -2.28. The molecule has 156 valence electrons. The molecule has 1 aromatic rings. The number of thiophene rings is 1. The van der Waals surface area contributed by atoms with Crippen LogP contribution in [0.2, 0.25) is 0 Å². The maximum absolute atomic E-state index is 13.2. The third-order valence-electron chi connectivity index (χ3n) is 6.36. The van der Waals surface area contributed by atoms with Crippen molar-refractivity contribution in [2.75, 3.05) is 31.6 Å². The summed E-state index contributed by atoms with van der Waals surface area (Å²) in [5, 5.41) is 13.1. The summed E-state index contributed by atoms with van der Waals surface area (Å²) in [6.07, 6.45) is 5.28. The molecule has 2 amide bonds. The Labute approximate surface area is 173 Å². The molecular weight excluding hydrogens is 392 g/mol. The van der Waals surface area contributed by atoms with Crippen molar-refractivity contribution in [2.45, 2.75) is 26.7 Å². The van der Waals surface area contributed by atoms with Crippen LogP contribution in [0.4, 0.5) is 5.00 Å². The Bertz CT molecular complexity index is 871. The topological polar surface area (TPSA) is 95.9 Å². The zero-order valence-electron chi connectivity index (χ0n) is 16.6. The minimum atomic E-state index is -0.928. The zero-order valence-corrected chi connectivity index (χ0v) is 17.5. The van der Waals surface area contributed by atoms with Gasteiger partial charge in [-0.05, 0) is 37.2 Å². The molecule has 4 atom stereocenters. The molecule has 1 aliphatic heterocycles. The van der Waals surface area contributed by atoms with Gasteiger partial charge in [0, 0.05) is 18.0 Å². The van der Waals surface area contributed by atoms with Crippen LogP contribution in [0.15, 0.2) is 12.2 Å². The van der Waals surface area contributed by atoms with Gasteiger partial charge in [0.25, 0.3) is 5.91 Å². The Balaban J connectivity index is 1.62. The zero-order chi connectivity index (χ0) is 20.7. The van der Waals surface area contributed by atoms with Crippen LogP contribution in [0.25, 0.3) is 0 Å². The van der Waals surface area contributed by atoms with E-state index in [0.29, 0.717) is 49.7 Å². The Morgan fingerprint density at radius 3 is 2.48 bits per heavy atom. The summed E-state index contributed by atoms with van der Waals surface area (Å²) in [6, 6.07) is 0. The molecule has 7 nitrogen and oxygen atoms in total. The summed E-state index contributed by atoms with van der Waals surface area (Å²) < 4.78 is 5.35. The van der Waals surface area contributed by atoms with Crippen LogP contribution in [0.5, 0.6) is 0 Å². The lowest BCUT2D eigenvalue weighted by atomic mass is 9.82. The van der Waals surface area contributed by atoms with E-state index in [1.54, 1.807) is 4.90 Å². The lowest BCUT2D eigenvalue weighted by molar-refractivity contribution is -0.146. The molecule has 3 aliphatic rings. The Morgan fingerprint density at radius 2 is 1.86 bits per heavy atom. The predicted octanol–water partition coefficient (Wildman–Crippen LogP) is 2.55. The summed E-state index contributed by atoms with van der Waals surface area (Å²) in [6.45, 7) is 6.03. The van der Waals surface area contributed by atoms with Crippen LogP contribution in [0.3, 0.4) is 0 Å². The number of carboxylic acids is 1. The van der Waals surface area contributed by atoms with Crippen molar-refractivity contribution in [2.24, 2.45) is 23.7 Å². The van der Waals surface area contributed by atoms with Gasteiger partial charge < -0.3 is 20.1 Å². The normalized spacial score (nSPS) is 28.0. The smallest absolute Gasteiger partial charge is 0.307 e. The van der Waals surface area contributed by atoms with Gasteiger partial charge in [-0.15, -0.1) is 11.3 Å². The van der Waals surface area contributed by atoms with E-state index in [-0.39, 0.29) is 23.7 Å². The number of nitrogens with zero attached hydrogens (tertiary/aromatic N) is 1. The van der Waals surface area contributed by atoms with E-state index >= 15 is 0 Å². The van der Waals surface area contributed by atoms with Gasteiger partial charge in [-0.25, -0.2) is 0 Å². The number of ether oxygens (including phenoxy) is 1. The third kappa shape index (κ3) is 3.48.